The van der Waals surface area contributed by atoms with Gasteiger partial charge in [0.25, 0.3) is 0 Å². The van der Waals surface area contributed by atoms with Crippen LogP contribution >= 0.6 is 11.8 Å². The molecule has 0 saturated heterocycles. The lowest BCUT2D eigenvalue weighted by Gasteiger charge is -2.37. The summed E-state index contributed by atoms with van der Waals surface area (Å²) in [7, 11) is 0. The summed E-state index contributed by atoms with van der Waals surface area (Å²) in [6.07, 6.45) is 22.4. The predicted octanol–water partition coefficient (Wildman–Crippen LogP) is 5.89. The molecule has 4 fully saturated rings. The van der Waals surface area contributed by atoms with E-state index in [4.69, 9.17) is 9.47 Å². The van der Waals surface area contributed by atoms with Crippen LogP contribution < -0.4 is 0 Å². The molecule has 0 N–H and O–H groups in total. The zero-order chi connectivity index (χ0) is 21.5. The normalized spacial score (nSPS) is 42.1. The third kappa shape index (κ3) is 7.30. The first-order valence-electron chi connectivity index (χ1n) is 13.1. The van der Waals surface area contributed by atoms with Crippen LogP contribution in [0.5, 0.6) is 0 Å². The molecule has 0 unspecified atom stereocenters. The highest BCUT2D eigenvalue weighted by molar-refractivity contribution is 8.00. The Kier molecular flexibility index (Phi) is 9.33. The molecule has 0 aromatic carbocycles. The van der Waals surface area contributed by atoms with Crippen LogP contribution in [-0.2, 0) is 19.1 Å². The number of carbonyl (C=O) groups excluding carboxylic acids is 2. The van der Waals surface area contributed by atoms with Crippen LogP contribution in [0.25, 0.3) is 0 Å². The van der Waals surface area contributed by atoms with Crippen molar-refractivity contribution in [2.45, 2.75) is 138 Å². The van der Waals surface area contributed by atoms with Gasteiger partial charge in [-0.15, -0.1) is 0 Å². The van der Waals surface area contributed by atoms with E-state index >= 15 is 0 Å². The summed E-state index contributed by atoms with van der Waals surface area (Å²) in [5.74, 6) is 0.565. The molecule has 0 radical (unpaired) electrons. The molecule has 31 heavy (non-hydrogen) atoms. The second-order valence-electron chi connectivity index (χ2n) is 10.6. The summed E-state index contributed by atoms with van der Waals surface area (Å²) in [5, 5.41) is 1.62. The SMILES string of the molecule is O=CC1CCC(OC2CCC(SC3CCC(OC4CCC(C=O)CC4)CC3)CC2)CC1. The van der Waals surface area contributed by atoms with Crippen LogP contribution in [0.3, 0.4) is 0 Å². The van der Waals surface area contributed by atoms with Crippen LogP contribution in [0.4, 0.5) is 0 Å². The first kappa shape index (κ1) is 23.8. The van der Waals surface area contributed by atoms with Gasteiger partial charge in [0.15, 0.2) is 0 Å². The molecule has 0 aromatic rings. The fourth-order valence-corrected chi connectivity index (χ4v) is 7.78. The monoisotopic (exact) mass is 450 g/mol. The van der Waals surface area contributed by atoms with Crippen LogP contribution in [0.15, 0.2) is 0 Å². The Morgan fingerprint density at radius 1 is 0.452 bits per heavy atom. The van der Waals surface area contributed by atoms with Gasteiger partial charge in [-0.05, 0) is 103 Å². The average Bonchev–Trinajstić information content (AvgIpc) is 2.82. The van der Waals surface area contributed by atoms with E-state index in [1.54, 1.807) is 0 Å². The maximum atomic E-state index is 10.9. The van der Waals surface area contributed by atoms with Crippen LogP contribution in [0.1, 0.15) is 103 Å². The summed E-state index contributed by atoms with van der Waals surface area (Å²) < 4.78 is 12.8. The van der Waals surface area contributed by atoms with E-state index in [1.807, 2.05) is 0 Å². The van der Waals surface area contributed by atoms with Crippen molar-refractivity contribution in [1.82, 2.24) is 0 Å². The molecule has 0 aliphatic heterocycles. The van der Waals surface area contributed by atoms with Gasteiger partial charge < -0.3 is 19.1 Å². The van der Waals surface area contributed by atoms with Gasteiger partial charge in [0, 0.05) is 22.3 Å². The largest absolute Gasteiger partial charge is 0.375 e. The minimum absolute atomic E-state index is 0.282. The fraction of sp³-hybridized carbons (Fsp3) is 0.923. The Hall–Kier alpha value is -0.390. The van der Waals surface area contributed by atoms with E-state index in [0.717, 1.165) is 74.4 Å². The van der Waals surface area contributed by atoms with E-state index in [9.17, 15) is 9.59 Å². The van der Waals surface area contributed by atoms with Gasteiger partial charge in [0.05, 0.1) is 24.4 Å². The maximum Gasteiger partial charge on any atom is 0.123 e. The third-order valence-electron chi connectivity index (χ3n) is 8.22. The summed E-state index contributed by atoms with van der Waals surface area (Å²) in [5.41, 5.74) is 0. The zero-order valence-corrected chi connectivity index (χ0v) is 19.9. The molecule has 4 rings (SSSR count). The van der Waals surface area contributed by atoms with Crippen molar-refractivity contribution in [2.24, 2.45) is 11.8 Å². The van der Waals surface area contributed by atoms with Crippen molar-refractivity contribution in [2.75, 3.05) is 0 Å². The number of carbonyl (C=O) groups is 2. The summed E-state index contributed by atoms with van der Waals surface area (Å²) >= 11 is 2.26. The summed E-state index contributed by atoms with van der Waals surface area (Å²) in [6.45, 7) is 0. The Bertz CT molecular complexity index is 490. The topological polar surface area (TPSA) is 52.6 Å². The second-order valence-corrected chi connectivity index (χ2v) is 12.2. The van der Waals surface area contributed by atoms with Crippen LogP contribution in [0, 0.1) is 11.8 Å². The maximum absolute atomic E-state index is 10.9. The number of rotatable bonds is 8. The second kappa shape index (κ2) is 12.2. The lowest BCUT2D eigenvalue weighted by Crippen LogP contribution is -2.32. The number of hydrogen-bond donors (Lipinski definition) is 0. The molecule has 0 amide bonds. The third-order valence-corrected chi connectivity index (χ3v) is 9.93. The highest BCUT2D eigenvalue weighted by Crippen LogP contribution is 2.40. The molecule has 0 bridgehead atoms. The van der Waals surface area contributed by atoms with E-state index < -0.39 is 0 Å². The number of hydrogen-bond acceptors (Lipinski definition) is 5. The molecule has 0 heterocycles. The van der Waals surface area contributed by atoms with Gasteiger partial charge >= 0.3 is 0 Å². The fourth-order valence-electron chi connectivity index (χ4n) is 6.15. The van der Waals surface area contributed by atoms with Gasteiger partial charge in [-0.1, -0.05) is 0 Å². The summed E-state index contributed by atoms with van der Waals surface area (Å²) in [4.78, 5) is 21.8. The van der Waals surface area contributed by atoms with Crippen molar-refractivity contribution in [3.05, 3.63) is 0 Å². The lowest BCUT2D eigenvalue weighted by molar-refractivity contribution is -0.114. The highest BCUT2D eigenvalue weighted by atomic mass is 32.2. The smallest absolute Gasteiger partial charge is 0.123 e. The van der Waals surface area contributed by atoms with Crippen molar-refractivity contribution >= 4 is 24.3 Å². The highest BCUT2D eigenvalue weighted by Gasteiger charge is 2.31. The molecular weight excluding hydrogens is 408 g/mol. The molecular formula is C26H42O4S. The predicted molar refractivity (Wildman–Crippen MR) is 125 cm³/mol. The van der Waals surface area contributed by atoms with Crippen LogP contribution in [-0.4, -0.2) is 47.5 Å². The Labute approximate surface area is 193 Å². The molecule has 0 atom stereocenters. The molecule has 4 saturated carbocycles. The van der Waals surface area contributed by atoms with Gasteiger partial charge in [-0.2, -0.15) is 11.8 Å². The molecule has 0 aromatic heterocycles. The van der Waals surface area contributed by atoms with E-state index in [2.05, 4.69) is 11.8 Å². The van der Waals surface area contributed by atoms with E-state index in [1.165, 1.54) is 51.4 Å². The minimum atomic E-state index is 0.282. The van der Waals surface area contributed by atoms with Crippen LogP contribution in [0.2, 0.25) is 0 Å². The number of thioether (sulfide) groups is 1. The zero-order valence-electron chi connectivity index (χ0n) is 19.1. The quantitative estimate of drug-likeness (QED) is 0.432. The van der Waals surface area contributed by atoms with E-state index in [-0.39, 0.29) is 11.8 Å². The molecule has 5 heteroatoms. The van der Waals surface area contributed by atoms with Crippen molar-refractivity contribution in [3.8, 4) is 0 Å². The Morgan fingerprint density at radius 3 is 1.03 bits per heavy atom. The Balaban J connectivity index is 1.07. The first-order chi connectivity index (χ1) is 15.2. The molecule has 4 nitrogen and oxygen atoms in total. The van der Waals surface area contributed by atoms with Crippen molar-refractivity contribution < 1.29 is 19.1 Å². The van der Waals surface area contributed by atoms with Gasteiger partial charge in [0.1, 0.15) is 12.6 Å². The Morgan fingerprint density at radius 2 is 0.742 bits per heavy atom. The molecule has 0 spiro atoms. The van der Waals surface area contributed by atoms with Crippen molar-refractivity contribution in [3.63, 3.8) is 0 Å². The standard InChI is InChI=1S/C26H42O4S/c27-17-19-1-5-21(6-2-19)29-23-9-13-25(14-10-23)31-26-15-11-24(12-16-26)30-22-7-3-20(18-28)4-8-22/h17-26H,1-16H2. The molecule has 4 aliphatic rings. The average molecular weight is 451 g/mol. The van der Waals surface area contributed by atoms with Gasteiger partial charge in [-0.3, -0.25) is 0 Å². The minimum Gasteiger partial charge on any atom is -0.375 e. The van der Waals surface area contributed by atoms with Crippen molar-refractivity contribution in [1.29, 1.82) is 0 Å². The van der Waals surface area contributed by atoms with Gasteiger partial charge in [0.2, 0.25) is 0 Å². The summed E-state index contributed by atoms with van der Waals surface area (Å²) in [6, 6.07) is 0. The number of ether oxygens (including phenoxy) is 2. The molecule has 4 aliphatic carbocycles. The number of aldehydes is 2. The lowest BCUT2D eigenvalue weighted by atomic mass is 9.88. The van der Waals surface area contributed by atoms with Gasteiger partial charge in [-0.25, -0.2) is 0 Å². The van der Waals surface area contributed by atoms with E-state index in [0.29, 0.717) is 24.4 Å². The first-order valence-corrected chi connectivity index (χ1v) is 14.0. The molecule has 176 valence electrons.